The number of rotatable bonds is 6. The Morgan fingerprint density at radius 3 is 2.81 bits per heavy atom. The van der Waals surface area contributed by atoms with Crippen molar-refractivity contribution in [2.75, 3.05) is 6.54 Å². The molecule has 1 amide bonds. The zero-order valence-electron chi connectivity index (χ0n) is 14.6. The molecule has 0 bridgehead atoms. The zero-order valence-corrected chi connectivity index (χ0v) is 15.3. The van der Waals surface area contributed by atoms with Crippen molar-refractivity contribution < 1.29 is 14.0 Å². The van der Waals surface area contributed by atoms with Crippen molar-refractivity contribution in [1.29, 1.82) is 0 Å². The van der Waals surface area contributed by atoms with Gasteiger partial charge < -0.3 is 14.7 Å². The molecule has 134 valence electrons. The first-order chi connectivity index (χ1) is 12.5. The van der Waals surface area contributed by atoms with Crippen LogP contribution in [0.1, 0.15) is 45.5 Å². The topological polar surface area (TPSA) is 75.1 Å². The van der Waals surface area contributed by atoms with Crippen molar-refractivity contribution in [3.8, 4) is 11.1 Å². The van der Waals surface area contributed by atoms with E-state index in [1.807, 2.05) is 19.1 Å². The van der Waals surface area contributed by atoms with Crippen LogP contribution >= 0.6 is 11.6 Å². The lowest BCUT2D eigenvalue weighted by Gasteiger charge is -2.03. The fourth-order valence-corrected chi connectivity index (χ4v) is 2.93. The highest BCUT2D eigenvalue weighted by molar-refractivity contribution is 6.31. The molecule has 0 saturated carbocycles. The normalized spacial score (nSPS) is 10.7. The summed E-state index contributed by atoms with van der Waals surface area (Å²) >= 11 is 6.07. The van der Waals surface area contributed by atoms with Gasteiger partial charge in [-0.15, -0.1) is 0 Å². The monoisotopic (exact) mass is 370 g/mol. The third kappa shape index (κ3) is 3.58. The van der Waals surface area contributed by atoms with Crippen LogP contribution in [0.5, 0.6) is 0 Å². The molecule has 0 spiro atoms. The second kappa shape index (κ2) is 7.62. The minimum Gasteiger partial charge on any atom is -0.468 e. The second-order valence-electron chi connectivity index (χ2n) is 5.98. The summed E-state index contributed by atoms with van der Waals surface area (Å²) in [6.07, 6.45) is 3.93. The SMILES string of the molecule is CCCNC(=O)c1cc(C(=O)c2c(-c3cccc(Cl)c3)coc2C)c[nH]1. The molecule has 0 atom stereocenters. The molecule has 2 aromatic heterocycles. The van der Waals surface area contributed by atoms with Crippen LogP contribution in [0.25, 0.3) is 11.1 Å². The lowest BCUT2D eigenvalue weighted by atomic mass is 9.97. The molecule has 26 heavy (non-hydrogen) atoms. The summed E-state index contributed by atoms with van der Waals surface area (Å²) in [5, 5.41) is 3.36. The van der Waals surface area contributed by atoms with Gasteiger partial charge in [0.2, 0.25) is 0 Å². The number of H-pyrrole nitrogens is 1. The van der Waals surface area contributed by atoms with E-state index in [0.29, 0.717) is 39.7 Å². The Hall–Kier alpha value is -2.79. The number of halogens is 1. The van der Waals surface area contributed by atoms with Crippen molar-refractivity contribution in [2.45, 2.75) is 20.3 Å². The number of nitrogens with one attached hydrogen (secondary N) is 2. The summed E-state index contributed by atoms with van der Waals surface area (Å²) in [4.78, 5) is 27.9. The number of carbonyl (C=O) groups is 2. The van der Waals surface area contributed by atoms with E-state index in [0.717, 1.165) is 12.0 Å². The minimum absolute atomic E-state index is 0.211. The molecule has 0 fully saturated rings. The van der Waals surface area contributed by atoms with Gasteiger partial charge in [-0.3, -0.25) is 9.59 Å². The van der Waals surface area contributed by atoms with Gasteiger partial charge >= 0.3 is 0 Å². The highest BCUT2D eigenvalue weighted by Crippen LogP contribution is 2.31. The van der Waals surface area contributed by atoms with Gasteiger partial charge in [0.15, 0.2) is 5.78 Å². The third-order valence-electron chi connectivity index (χ3n) is 4.06. The summed E-state index contributed by atoms with van der Waals surface area (Å²) in [5.41, 5.74) is 2.70. The van der Waals surface area contributed by atoms with Crippen LogP contribution in [-0.4, -0.2) is 23.2 Å². The number of hydrogen-bond acceptors (Lipinski definition) is 3. The smallest absolute Gasteiger partial charge is 0.267 e. The molecule has 3 rings (SSSR count). The summed E-state index contributed by atoms with van der Waals surface area (Å²) < 4.78 is 5.49. The molecule has 6 heteroatoms. The molecule has 0 aliphatic heterocycles. The molecular weight excluding hydrogens is 352 g/mol. The van der Waals surface area contributed by atoms with Crippen LogP contribution in [0, 0.1) is 6.92 Å². The maximum absolute atomic E-state index is 13.0. The first-order valence-corrected chi connectivity index (χ1v) is 8.74. The van der Waals surface area contributed by atoms with Crippen LogP contribution in [-0.2, 0) is 0 Å². The number of carbonyl (C=O) groups excluding carboxylic acids is 2. The third-order valence-corrected chi connectivity index (χ3v) is 4.30. The van der Waals surface area contributed by atoms with Crippen LogP contribution in [0.4, 0.5) is 0 Å². The standard InChI is InChI=1S/C20H19ClN2O3/c1-3-7-22-20(25)17-9-14(10-23-17)19(24)18-12(2)26-11-16(18)13-5-4-6-15(21)8-13/h4-6,8-11,23H,3,7H2,1-2H3,(H,22,25). The molecule has 0 saturated heterocycles. The van der Waals surface area contributed by atoms with Gasteiger partial charge in [-0.05, 0) is 37.1 Å². The molecule has 0 radical (unpaired) electrons. The number of aromatic amines is 1. The lowest BCUT2D eigenvalue weighted by Crippen LogP contribution is -2.24. The van der Waals surface area contributed by atoms with Crippen LogP contribution in [0.3, 0.4) is 0 Å². The first-order valence-electron chi connectivity index (χ1n) is 8.36. The Morgan fingerprint density at radius 1 is 1.27 bits per heavy atom. The Balaban J connectivity index is 1.93. The Labute approximate surface area is 156 Å². The van der Waals surface area contributed by atoms with Gasteiger partial charge in [0.05, 0.1) is 11.8 Å². The molecule has 2 N–H and O–H groups in total. The van der Waals surface area contributed by atoms with Crippen molar-refractivity contribution >= 4 is 23.3 Å². The first kappa shape index (κ1) is 18.0. The average molecular weight is 371 g/mol. The predicted octanol–water partition coefficient (Wildman–Crippen LogP) is 4.61. The van der Waals surface area contributed by atoms with Gasteiger partial charge in [-0.2, -0.15) is 0 Å². The Kier molecular flexibility index (Phi) is 5.28. The highest BCUT2D eigenvalue weighted by atomic mass is 35.5. The van der Waals surface area contributed by atoms with E-state index in [2.05, 4.69) is 10.3 Å². The number of furan rings is 1. The molecule has 2 heterocycles. The summed E-state index contributed by atoms with van der Waals surface area (Å²) in [5.74, 6) is 0.0741. The van der Waals surface area contributed by atoms with Gasteiger partial charge in [-0.1, -0.05) is 30.7 Å². The number of hydrogen-bond donors (Lipinski definition) is 2. The van der Waals surface area contributed by atoms with Crippen molar-refractivity contribution in [1.82, 2.24) is 10.3 Å². The minimum atomic E-state index is -0.232. The van der Waals surface area contributed by atoms with E-state index in [9.17, 15) is 9.59 Å². The lowest BCUT2D eigenvalue weighted by molar-refractivity contribution is 0.0949. The van der Waals surface area contributed by atoms with Gasteiger partial charge in [0, 0.05) is 28.9 Å². The number of ketones is 1. The van der Waals surface area contributed by atoms with E-state index in [-0.39, 0.29) is 11.7 Å². The zero-order chi connectivity index (χ0) is 18.7. The van der Waals surface area contributed by atoms with Crippen molar-refractivity contribution in [3.05, 3.63) is 70.4 Å². The predicted molar refractivity (Wildman–Crippen MR) is 101 cm³/mol. The average Bonchev–Trinajstić information content (AvgIpc) is 3.26. The number of aryl methyl sites for hydroxylation is 1. The van der Waals surface area contributed by atoms with Gasteiger partial charge in [-0.25, -0.2) is 0 Å². The molecular formula is C20H19ClN2O3. The van der Waals surface area contributed by atoms with Crippen molar-refractivity contribution in [2.24, 2.45) is 0 Å². The fraction of sp³-hybridized carbons (Fsp3) is 0.200. The molecule has 0 unspecified atom stereocenters. The highest BCUT2D eigenvalue weighted by Gasteiger charge is 2.22. The quantitative estimate of drug-likeness (QED) is 0.622. The molecule has 5 nitrogen and oxygen atoms in total. The van der Waals surface area contributed by atoms with E-state index in [4.69, 9.17) is 16.0 Å². The Bertz CT molecular complexity index is 956. The van der Waals surface area contributed by atoms with E-state index >= 15 is 0 Å². The molecule has 0 aliphatic carbocycles. The summed E-state index contributed by atoms with van der Waals surface area (Å²) in [7, 11) is 0. The van der Waals surface area contributed by atoms with E-state index in [1.165, 1.54) is 6.20 Å². The van der Waals surface area contributed by atoms with E-state index in [1.54, 1.807) is 31.4 Å². The molecule has 1 aromatic carbocycles. The largest absolute Gasteiger partial charge is 0.468 e. The van der Waals surface area contributed by atoms with Gasteiger partial charge in [0.25, 0.3) is 5.91 Å². The van der Waals surface area contributed by atoms with Crippen LogP contribution in [0.2, 0.25) is 5.02 Å². The summed E-state index contributed by atoms with van der Waals surface area (Å²) in [6.45, 7) is 4.30. The second-order valence-corrected chi connectivity index (χ2v) is 6.41. The van der Waals surface area contributed by atoms with Crippen LogP contribution < -0.4 is 5.32 Å². The maximum Gasteiger partial charge on any atom is 0.267 e. The fourth-order valence-electron chi connectivity index (χ4n) is 2.74. The van der Waals surface area contributed by atoms with E-state index < -0.39 is 0 Å². The molecule has 3 aromatic rings. The van der Waals surface area contributed by atoms with Gasteiger partial charge in [0.1, 0.15) is 11.5 Å². The molecule has 0 aliphatic rings. The number of benzene rings is 1. The number of amides is 1. The maximum atomic E-state index is 13.0. The Morgan fingerprint density at radius 2 is 2.08 bits per heavy atom. The summed E-state index contributed by atoms with van der Waals surface area (Å²) in [6, 6.07) is 8.80. The van der Waals surface area contributed by atoms with Crippen LogP contribution in [0.15, 0.2) is 47.2 Å². The number of aromatic nitrogens is 1. The van der Waals surface area contributed by atoms with Crippen molar-refractivity contribution in [3.63, 3.8) is 0 Å².